The molecule has 0 radical (unpaired) electrons. The topological polar surface area (TPSA) is 70.7 Å². The van der Waals surface area contributed by atoms with Crippen molar-refractivity contribution in [2.45, 2.75) is 12.1 Å². The zero-order valence-electron chi connectivity index (χ0n) is 9.91. The molecule has 0 bridgehead atoms. The third-order valence-corrected chi connectivity index (χ3v) is 3.51. The highest BCUT2D eigenvalue weighted by atomic mass is 35.5. The van der Waals surface area contributed by atoms with Crippen LogP contribution in [-0.2, 0) is 4.79 Å². The Bertz CT molecular complexity index is 602. The Morgan fingerprint density at radius 2 is 2.26 bits per heavy atom. The number of amides is 1. The molecule has 2 aromatic rings. The molecule has 2 rings (SSSR count). The summed E-state index contributed by atoms with van der Waals surface area (Å²) in [7, 11) is 0. The van der Waals surface area contributed by atoms with Crippen molar-refractivity contribution in [2.75, 3.05) is 11.1 Å². The maximum absolute atomic E-state index is 11.7. The summed E-state index contributed by atoms with van der Waals surface area (Å²) in [5, 5.41) is 10.8. The standard InChI is InChI=1S/C11H10Cl2N4OS/c1-6-14-11(17-16-6)19-5-10(18)15-9-3-2-7(12)4-8(9)13/h2-4H,5H2,1H3,(H,15,18)(H,14,16,17). The maximum atomic E-state index is 11.7. The number of carbonyl (C=O) groups is 1. The van der Waals surface area contributed by atoms with Crippen LogP contribution in [0.5, 0.6) is 0 Å². The smallest absolute Gasteiger partial charge is 0.234 e. The van der Waals surface area contributed by atoms with Gasteiger partial charge in [0.2, 0.25) is 11.1 Å². The van der Waals surface area contributed by atoms with Crippen molar-refractivity contribution >= 4 is 46.6 Å². The zero-order chi connectivity index (χ0) is 13.8. The first kappa shape index (κ1) is 14.2. The molecule has 5 nitrogen and oxygen atoms in total. The molecule has 1 aromatic carbocycles. The van der Waals surface area contributed by atoms with Crippen molar-refractivity contribution < 1.29 is 4.79 Å². The minimum absolute atomic E-state index is 0.184. The van der Waals surface area contributed by atoms with Crippen molar-refractivity contribution in [1.82, 2.24) is 15.2 Å². The van der Waals surface area contributed by atoms with Gasteiger partial charge in [0.1, 0.15) is 5.82 Å². The summed E-state index contributed by atoms with van der Waals surface area (Å²) in [5.41, 5.74) is 0.530. The number of halogens is 2. The molecule has 0 unspecified atom stereocenters. The summed E-state index contributed by atoms with van der Waals surface area (Å²) in [6.07, 6.45) is 0. The highest BCUT2D eigenvalue weighted by molar-refractivity contribution is 7.99. The second-order valence-electron chi connectivity index (χ2n) is 3.66. The average molecular weight is 317 g/mol. The predicted molar refractivity (Wildman–Crippen MR) is 76.9 cm³/mol. The Balaban J connectivity index is 1.90. The number of nitrogens with zero attached hydrogens (tertiary/aromatic N) is 2. The third kappa shape index (κ3) is 4.12. The number of aromatic amines is 1. The Kier molecular flexibility index (Phi) is 4.68. The van der Waals surface area contributed by atoms with Crippen LogP contribution in [-0.4, -0.2) is 26.8 Å². The van der Waals surface area contributed by atoms with Crippen LogP contribution in [0, 0.1) is 6.92 Å². The molecular weight excluding hydrogens is 307 g/mol. The first-order chi connectivity index (χ1) is 9.04. The molecule has 8 heteroatoms. The van der Waals surface area contributed by atoms with E-state index < -0.39 is 0 Å². The number of thioether (sulfide) groups is 1. The number of carbonyl (C=O) groups excluding carboxylic acids is 1. The van der Waals surface area contributed by atoms with Gasteiger partial charge in [-0.2, -0.15) is 0 Å². The van der Waals surface area contributed by atoms with Crippen LogP contribution in [0.1, 0.15) is 5.82 Å². The van der Waals surface area contributed by atoms with Crippen LogP contribution in [0.4, 0.5) is 5.69 Å². The summed E-state index contributed by atoms with van der Waals surface area (Å²) in [6, 6.07) is 4.89. The van der Waals surface area contributed by atoms with Crippen molar-refractivity contribution in [1.29, 1.82) is 0 Å². The van der Waals surface area contributed by atoms with Crippen LogP contribution in [0.15, 0.2) is 23.4 Å². The van der Waals surface area contributed by atoms with Crippen LogP contribution in [0.2, 0.25) is 10.0 Å². The predicted octanol–water partition coefficient (Wildman–Crippen LogP) is 3.15. The van der Waals surface area contributed by atoms with Crippen LogP contribution >= 0.6 is 35.0 Å². The van der Waals surface area contributed by atoms with E-state index in [0.29, 0.717) is 26.7 Å². The molecule has 0 saturated carbocycles. The number of rotatable bonds is 4. The highest BCUT2D eigenvalue weighted by Crippen LogP contribution is 2.25. The Labute approximate surface area is 124 Å². The lowest BCUT2D eigenvalue weighted by molar-refractivity contribution is -0.113. The number of H-pyrrole nitrogens is 1. The van der Waals surface area contributed by atoms with Crippen molar-refractivity contribution in [3.63, 3.8) is 0 Å². The summed E-state index contributed by atoms with van der Waals surface area (Å²) >= 11 is 13.0. The molecular formula is C11H10Cl2N4OS. The number of hydrogen-bond acceptors (Lipinski definition) is 4. The van der Waals surface area contributed by atoms with E-state index in [4.69, 9.17) is 23.2 Å². The molecule has 0 aliphatic rings. The summed E-state index contributed by atoms with van der Waals surface area (Å²) in [5.74, 6) is 0.733. The lowest BCUT2D eigenvalue weighted by Gasteiger charge is -2.06. The van der Waals surface area contributed by atoms with E-state index in [1.54, 1.807) is 25.1 Å². The van der Waals surface area contributed by atoms with Crippen LogP contribution < -0.4 is 5.32 Å². The second-order valence-corrected chi connectivity index (χ2v) is 5.45. The number of hydrogen-bond donors (Lipinski definition) is 2. The van der Waals surface area contributed by atoms with Crippen molar-refractivity contribution in [2.24, 2.45) is 0 Å². The Hall–Kier alpha value is -1.24. The monoisotopic (exact) mass is 316 g/mol. The van der Waals surface area contributed by atoms with E-state index in [0.717, 1.165) is 0 Å². The van der Waals surface area contributed by atoms with E-state index in [2.05, 4.69) is 20.5 Å². The quantitative estimate of drug-likeness (QED) is 0.850. The first-order valence-electron chi connectivity index (χ1n) is 5.31. The first-order valence-corrected chi connectivity index (χ1v) is 7.05. The largest absolute Gasteiger partial charge is 0.324 e. The molecule has 100 valence electrons. The molecule has 0 saturated heterocycles. The maximum Gasteiger partial charge on any atom is 0.234 e. The van der Waals surface area contributed by atoms with Gasteiger partial charge >= 0.3 is 0 Å². The van der Waals surface area contributed by atoms with Gasteiger partial charge in [-0.15, -0.1) is 5.10 Å². The second kappa shape index (κ2) is 6.27. The summed E-state index contributed by atoms with van der Waals surface area (Å²) in [6.45, 7) is 1.80. The summed E-state index contributed by atoms with van der Waals surface area (Å²) in [4.78, 5) is 15.8. The molecule has 19 heavy (non-hydrogen) atoms. The van der Waals surface area contributed by atoms with Gasteiger partial charge < -0.3 is 5.32 Å². The summed E-state index contributed by atoms with van der Waals surface area (Å²) < 4.78 is 0. The fraction of sp³-hybridized carbons (Fsp3) is 0.182. The van der Waals surface area contributed by atoms with E-state index in [1.807, 2.05) is 0 Å². The van der Waals surface area contributed by atoms with E-state index in [1.165, 1.54) is 11.8 Å². The highest BCUT2D eigenvalue weighted by Gasteiger charge is 2.09. The van der Waals surface area contributed by atoms with Gasteiger partial charge in [0, 0.05) is 5.02 Å². The van der Waals surface area contributed by atoms with Gasteiger partial charge in [-0.25, -0.2) is 4.98 Å². The molecule has 1 aromatic heterocycles. The normalized spacial score (nSPS) is 10.5. The zero-order valence-corrected chi connectivity index (χ0v) is 12.2. The van der Waals surface area contributed by atoms with Crippen molar-refractivity contribution in [3.8, 4) is 0 Å². The van der Waals surface area contributed by atoms with Gasteiger partial charge in [0.05, 0.1) is 16.5 Å². The van der Waals surface area contributed by atoms with Gasteiger partial charge in [-0.3, -0.25) is 9.89 Å². The van der Waals surface area contributed by atoms with Gasteiger partial charge in [0.15, 0.2) is 0 Å². The lowest BCUT2D eigenvalue weighted by Crippen LogP contribution is -2.14. The SMILES string of the molecule is Cc1nc(SCC(=O)Nc2ccc(Cl)cc2Cl)n[nH]1. The molecule has 0 fully saturated rings. The van der Waals surface area contributed by atoms with E-state index in [-0.39, 0.29) is 11.7 Å². The molecule has 2 N–H and O–H groups in total. The van der Waals surface area contributed by atoms with Gasteiger partial charge in [0.25, 0.3) is 0 Å². The number of anilines is 1. The Morgan fingerprint density at radius 3 is 2.89 bits per heavy atom. The van der Waals surface area contributed by atoms with E-state index >= 15 is 0 Å². The van der Waals surface area contributed by atoms with Gasteiger partial charge in [-0.05, 0) is 25.1 Å². The lowest BCUT2D eigenvalue weighted by atomic mass is 10.3. The third-order valence-electron chi connectivity index (χ3n) is 2.11. The van der Waals surface area contributed by atoms with E-state index in [9.17, 15) is 4.79 Å². The minimum atomic E-state index is -0.184. The van der Waals surface area contributed by atoms with Gasteiger partial charge in [-0.1, -0.05) is 35.0 Å². The molecule has 0 aliphatic heterocycles. The number of aromatic nitrogens is 3. The van der Waals surface area contributed by atoms with Crippen molar-refractivity contribution in [3.05, 3.63) is 34.1 Å². The average Bonchev–Trinajstić information content (AvgIpc) is 2.76. The van der Waals surface area contributed by atoms with Crippen LogP contribution in [0.3, 0.4) is 0 Å². The fourth-order valence-electron chi connectivity index (χ4n) is 1.29. The number of benzene rings is 1. The molecule has 1 heterocycles. The molecule has 0 atom stereocenters. The molecule has 1 amide bonds. The number of nitrogens with one attached hydrogen (secondary N) is 2. The Morgan fingerprint density at radius 1 is 1.47 bits per heavy atom. The molecule has 0 aliphatic carbocycles. The minimum Gasteiger partial charge on any atom is -0.324 e. The molecule has 0 spiro atoms. The van der Waals surface area contributed by atoms with Crippen LogP contribution in [0.25, 0.3) is 0 Å². The fourth-order valence-corrected chi connectivity index (χ4v) is 2.39. The number of aryl methyl sites for hydroxylation is 1.